The van der Waals surface area contributed by atoms with Gasteiger partial charge in [-0.2, -0.15) is 0 Å². The summed E-state index contributed by atoms with van der Waals surface area (Å²) in [5, 5.41) is 13.3. The molecule has 1 aliphatic carbocycles. The molecule has 2 unspecified atom stereocenters. The van der Waals surface area contributed by atoms with E-state index in [0.29, 0.717) is 6.04 Å². The van der Waals surface area contributed by atoms with E-state index in [1.165, 1.54) is 5.69 Å². The minimum absolute atomic E-state index is 0.130. The van der Waals surface area contributed by atoms with Crippen molar-refractivity contribution >= 4 is 5.65 Å². The van der Waals surface area contributed by atoms with Crippen LogP contribution in [0.1, 0.15) is 37.1 Å². The fourth-order valence-electron chi connectivity index (χ4n) is 2.97. The normalized spacial score (nSPS) is 23.9. The Hall–Kier alpha value is -1.39. The molecule has 0 spiro atoms. The molecule has 102 valence electrons. The van der Waals surface area contributed by atoms with Crippen LogP contribution in [0.2, 0.25) is 0 Å². The molecule has 1 saturated carbocycles. The van der Waals surface area contributed by atoms with Crippen molar-refractivity contribution in [3.8, 4) is 0 Å². The van der Waals surface area contributed by atoms with Crippen molar-refractivity contribution in [3.63, 3.8) is 0 Å². The molecule has 4 heteroatoms. The van der Waals surface area contributed by atoms with Crippen molar-refractivity contribution in [2.24, 2.45) is 0 Å². The molecule has 1 aliphatic rings. The Bertz CT molecular complexity index is 564. The van der Waals surface area contributed by atoms with E-state index in [4.69, 9.17) is 0 Å². The summed E-state index contributed by atoms with van der Waals surface area (Å²) in [6.07, 6.45) is 6.03. The zero-order valence-electron chi connectivity index (χ0n) is 11.3. The third-order valence-corrected chi connectivity index (χ3v) is 4.03. The van der Waals surface area contributed by atoms with E-state index in [-0.39, 0.29) is 6.10 Å². The number of aromatic nitrogens is 2. The first-order valence-corrected chi connectivity index (χ1v) is 7.08. The highest BCUT2D eigenvalue weighted by molar-refractivity contribution is 5.42. The summed E-state index contributed by atoms with van der Waals surface area (Å²) in [4.78, 5) is 4.57. The minimum atomic E-state index is -0.130. The average Bonchev–Trinajstić information content (AvgIpc) is 2.72. The Labute approximate surface area is 113 Å². The average molecular weight is 259 g/mol. The maximum Gasteiger partial charge on any atom is 0.137 e. The number of imidazole rings is 1. The van der Waals surface area contributed by atoms with Crippen LogP contribution in [0.4, 0.5) is 0 Å². The molecule has 2 atom stereocenters. The summed E-state index contributed by atoms with van der Waals surface area (Å²) < 4.78 is 2.14. The van der Waals surface area contributed by atoms with Gasteiger partial charge in [0.05, 0.1) is 17.5 Å². The lowest BCUT2D eigenvalue weighted by Crippen LogP contribution is -2.35. The molecule has 2 aromatic rings. The third kappa shape index (κ3) is 2.65. The zero-order chi connectivity index (χ0) is 13.2. The van der Waals surface area contributed by atoms with Crippen LogP contribution in [0.15, 0.2) is 24.4 Å². The monoisotopic (exact) mass is 259 g/mol. The van der Waals surface area contributed by atoms with Crippen LogP contribution in [0.5, 0.6) is 0 Å². The molecule has 3 rings (SSSR count). The van der Waals surface area contributed by atoms with Crippen LogP contribution in [-0.2, 0) is 6.54 Å². The van der Waals surface area contributed by atoms with Crippen LogP contribution in [-0.4, -0.2) is 26.6 Å². The van der Waals surface area contributed by atoms with Crippen LogP contribution < -0.4 is 5.32 Å². The Balaban J connectivity index is 1.73. The van der Waals surface area contributed by atoms with Gasteiger partial charge in [-0.25, -0.2) is 4.98 Å². The molecule has 2 N–H and O–H groups in total. The Morgan fingerprint density at radius 1 is 1.42 bits per heavy atom. The van der Waals surface area contributed by atoms with Crippen LogP contribution >= 0.6 is 0 Å². The Morgan fingerprint density at radius 3 is 3.16 bits per heavy atom. The van der Waals surface area contributed by atoms with Crippen molar-refractivity contribution in [2.45, 2.75) is 51.3 Å². The van der Waals surface area contributed by atoms with Gasteiger partial charge in [0, 0.05) is 18.8 Å². The smallest absolute Gasteiger partial charge is 0.137 e. The largest absolute Gasteiger partial charge is 0.393 e. The number of hydrogen-bond acceptors (Lipinski definition) is 3. The number of aryl methyl sites for hydroxylation is 1. The van der Waals surface area contributed by atoms with Gasteiger partial charge in [0.2, 0.25) is 0 Å². The molecular formula is C15H21N3O. The van der Waals surface area contributed by atoms with E-state index in [1.807, 2.05) is 18.2 Å². The third-order valence-electron chi connectivity index (χ3n) is 4.03. The predicted octanol–water partition coefficient (Wildman–Crippen LogP) is 2.04. The van der Waals surface area contributed by atoms with Crippen molar-refractivity contribution in [1.82, 2.24) is 14.7 Å². The van der Waals surface area contributed by atoms with Gasteiger partial charge in [-0.15, -0.1) is 0 Å². The number of hydrogen-bond donors (Lipinski definition) is 2. The molecule has 2 aromatic heterocycles. The number of aliphatic hydroxyl groups is 1. The molecule has 1 fully saturated rings. The van der Waals surface area contributed by atoms with Gasteiger partial charge >= 0.3 is 0 Å². The van der Waals surface area contributed by atoms with Gasteiger partial charge in [0.25, 0.3) is 0 Å². The van der Waals surface area contributed by atoms with Gasteiger partial charge in [0.1, 0.15) is 5.65 Å². The lowest BCUT2D eigenvalue weighted by atomic mass is 9.93. The number of nitrogens with one attached hydrogen (secondary N) is 1. The molecular weight excluding hydrogens is 238 g/mol. The number of rotatable bonds is 3. The quantitative estimate of drug-likeness (QED) is 0.887. The topological polar surface area (TPSA) is 49.6 Å². The molecule has 4 nitrogen and oxygen atoms in total. The summed E-state index contributed by atoms with van der Waals surface area (Å²) in [6.45, 7) is 2.87. The van der Waals surface area contributed by atoms with Gasteiger partial charge in [-0.3, -0.25) is 0 Å². The second-order valence-corrected chi connectivity index (χ2v) is 5.47. The predicted molar refractivity (Wildman–Crippen MR) is 75.0 cm³/mol. The first kappa shape index (κ1) is 12.6. The maximum atomic E-state index is 9.71. The molecule has 19 heavy (non-hydrogen) atoms. The lowest BCUT2D eigenvalue weighted by Gasteiger charge is -2.26. The summed E-state index contributed by atoms with van der Waals surface area (Å²) in [5.74, 6) is 0. The second kappa shape index (κ2) is 5.31. The van der Waals surface area contributed by atoms with E-state index >= 15 is 0 Å². The number of pyridine rings is 1. The van der Waals surface area contributed by atoms with Gasteiger partial charge in [-0.05, 0) is 44.7 Å². The summed E-state index contributed by atoms with van der Waals surface area (Å²) in [5.41, 5.74) is 3.30. The van der Waals surface area contributed by atoms with Crippen molar-refractivity contribution in [3.05, 3.63) is 35.8 Å². The Kier molecular flexibility index (Phi) is 3.53. The van der Waals surface area contributed by atoms with Gasteiger partial charge < -0.3 is 14.8 Å². The van der Waals surface area contributed by atoms with Crippen LogP contribution in [0, 0.1) is 6.92 Å². The van der Waals surface area contributed by atoms with Crippen molar-refractivity contribution in [1.29, 1.82) is 0 Å². The maximum absolute atomic E-state index is 9.71. The zero-order valence-corrected chi connectivity index (χ0v) is 11.3. The van der Waals surface area contributed by atoms with Crippen molar-refractivity contribution in [2.75, 3.05) is 0 Å². The highest BCUT2D eigenvalue weighted by Gasteiger charge is 2.20. The van der Waals surface area contributed by atoms with Crippen molar-refractivity contribution < 1.29 is 5.11 Å². The Morgan fingerprint density at radius 2 is 2.32 bits per heavy atom. The number of fused-ring (bicyclic) bond motifs is 1. The SMILES string of the molecule is Cc1nc2ccccn2c1CNC1CCCC(O)C1. The van der Waals surface area contributed by atoms with Gasteiger partial charge in [0.15, 0.2) is 0 Å². The first-order chi connectivity index (χ1) is 9.24. The molecule has 0 saturated heterocycles. The molecule has 0 amide bonds. The van der Waals surface area contributed by atoms with E-state index in [1.54, 1.807) is 0 Å². The van der Waals surface area contributed by atoms with E-state index < -0.39 is 0 Å². The lowest BCUT2D eigenvalue weighted by molar-refractivity contribution is 0.111. The molecule has 0 aromatic carbocycles. The summed E-state index contributed by atoms with van der Waals surface area (Å²) in [7, 11) is 0. The summed E-state index contributed by atoms with van der Waals surface area (Å²) >= 11 is 0. The molecule has 2 heterocycles. The van der Waals surface area contributed by atoms with Crippen LogP contribution in [0.3, 0.4) is 0 Å². The fourth-order valence-corrected chi connectivity index (χ4v) is 2.97. The van der Waals surface area contributed by atoms with Gasteiger partial charge in [-0.1, -0.05) is 6.07 Å². The molecule has 0 bridgehead atoms. The number of nitrogens with zero attached hydrogens (tertiary/aromatic N) is 2. The molecule has 0 radical (unpaired) electrons. The van der Waals surface area contributed by atoms with E-state index in [2.05, 4.69) is 27.8 Å². The fraction of sp³-hybridized carbons (Fsp3) is 0.533. The standard InChI is InChI=1S/C15H21N3O/c1-11-14(18-8-3-2-7-15(18)17-11)10-16-12-5-4-6-13(19)9-12/h2-3,7-8,12-13,16,19H,4-6,9-10H2,1H3. The first-order valence-electron chi connectivity index (χ1n) is 7.08. The second-order valence-electron chi connectivity index (χ2n) is 5.47. The minimum Gasteiger partial charge on any atom is -0.393 e. The highest BCUT2D eigenvalue weighted by Crippen LogP contribution is 2.19. The van der Waals surface area contributed by atoms with E-state index in [9.17, 15) is 5.11 Å². The molecule has 0 aliphatic heterocycles. The van der Waals surface area contributed by atoms with E-state index in [0.717, 1.165) is 43.6 Å². The summed E-state index contributed by atoms with van der Waals surface area (Å²) in [6, 6.07) is 6.50. The highest BCUT2D eigenvalue weighted by atomic mass is 16.3. The van der Waals surface area contributed by atoms with Crippen LogP contribution in [0.25, 0.3) is 5.65 Å². The number of aliphatic hydroxyl groups excluding tert-OH is 1.